The Balaban J connectivity index is 1.43. The van der Waals surface area contributed by atoms with Crippen LogP contribution in [0.3, 0.4) is 0 Å². The number of imidazole rings is 1. The third-order valence-electron chi connectivity index (χ3n) is 6.27. The van der Waals surface area contributed by atoms with Crippen LogP contribution in [0.15, 0.2) is 53.4 Å². The summed E-state index contributed by atoms with van der Waals surface area (Å²) in [4.78, 5) is 17.4. The summed E-state index contributed by atoms with van der Waals surface area (Å²) in [5, 5.41) is 3.02. The van der Waals surface area contributed by atoms with Crippen molar-refractivity contribution < 1.29 is 17.9 Å². The zero-order valence-corrected chi connectivity index (χ0v) is 20.6. The van der Waals surface area contributed by atoms with E-state index in [0.29, 0.717) is 57.8 Å². The quantitative estimate of drug-likeness (QED) is 0.504. The number of amides is 1. The summed E-state index contributed by atoms with van der Waals surface area (Å²) in [6.45, 7) is 6.90. The maximum atomic E-state index is 13.0. The number of nitrogens with one attached hydrogen (secondary N) is 1. The predicted molar refractivity (Wildman–Crippen MR) is 131 cm³/mol. The number of nitrogens with zero attached hydrogens (tertiary/aromatic N) is 3. The van der Waals surface area contributed by atoms with Gasteiger partial charge in [0.15, 0.2) is 0 Å². The fourth-order valence-electron chi connectivity index (χ4n) is 4.28. The second kappa shape index (κ2) is 10.7. The largest absolute Gasteiger partial charge is 0.379 e. The summed E-state index contributed by atoms with van der Waals surface area (Å²) >= 11 is 0. The maximum absolute atomic E-state index is 13.0. The van der Waals surface area contributed by atoms with Crippen molar-refractivity contribution in [2.45, 2.75) is 44.0 Å². The molecule has 1 atom stereocenters. The summed E-state index contributed by atoms with van der Waals surface area (Å²) in [7, 11) is -3.59. The van der Waals surface area contributed by atoms with Gasteiger partial charge in [-0.25, -0.2) is 13.4 Å². The number of carbonyl (C=O) groups is 1. The van der Waals surface area contributed by atoms with Crippen LogP contribution in [-0.4, -0.2) is 61.0 Å². The molecule has 1 N–H and O–H groups in total. The normalized spacial score (nSPS) is 15.9. The van der Waals surface area contributed by atoms with Crippen LogP contribution in [0.1, 0.15) is 37.6 Å². The van der Waals surface area contributed by atoms with Crippen LogP contribution in [0, 0.1) is 0 Å². The van der Waals surface area contributed by atoms with Crippen molar-refractivity contribution in [1.82, 2.24) is 19.2 Å². The van der Waals surface area contributed by atoms with Crippen molar-refractivity contribution in [1.29, 1.82) is 0 Å². The molecule has 1 unspecified atom stereocenters. The molecule has 1 aromatic heterocycles. The molecule has 0 spiro atoms. The van der Waals surface area contributed by atoms with E-state index in [2.05, 4.69) is 24.4 Å². The first kappa shape index (κ1) is 24.4. The van der Waals surface area contributed by atoms with E-state index in [1.165, 1.54) is 9.87 Å². The highest BCUT2D eigenvalue weighted by molar-refractivity contribution is 7.89. The number of sulfonamides is 1. The summed E-state index contributed by atoms with van der Waals surface area (Å²) in [5.41, 5.74) is 2.69. The molecule has 0 bridgehead atoms. The molecule has 1 aliphatic heterocycles. The van der Waals surface area contributed by atoms with Crippen LogP contribution in [-0.2, 0) is 32.5 Å². The molecule has 4 rings (SSSR count). The van der Waals surface area contributed by atoms with E-state index in [0.717, 1.165) is 11.3 Å². The van der Waals surface area contributed by atoms with Gasteiger partial charge in [0.2, 0.25) is 15.9 Å². The number of hydrogen-bond donors (Lipinski definition) is 1. The van der Waals surface area contributed by atoms with E-state index < -0.39 is 10.0 Å². The van der Waals surface area contributed by atoms with E-state index in [4.69, 9.17) is 9.72 Å². The topological polar surface area (TPSA) is 93.5 Å². The first-order valence-corrected chi connectivity index (χ1v) is 13.2. The summed E-state index contributed by atoms with van der Waals surface area (Å²) in [6, 6.07) is 15.2. The molecule has 0 saturated carbocycles. The minimum Gasteiger partial charge on any atom is -0.379 e. The molecule has 1 aliphatic rings. The molecule has 1 saturated heterocycles. The molecule has 2 aromatic carbocycles. The fourth-order valence-corrected chi connectivity index (χ4v) is 5.71. The molecular weight excluding hydrogens is 452 g/mol. The second-order valence-electron chi connectivity index (χ2n) is 8.56. The lowest BCUT2D eigenvalue weighted by Gasteiger charge is -2.26. The standard InChI is InChI=1S/C25H32N4O4S/c1-3-29-23-10-9-21(34(31,32)28-13-15-33-16-14-28)17-22(23)27-24(29)11-12-25(30)26-18-19(2)20-7-5-4-6-8-20/h4-10,17,19H,3,11-16,18H2,1-2H3,(H,26,30). The van der Waals surface area contributed by atoms with E-state index >= 15 is 0 Å². The van der Waals surface area contributed by atoms with Crippen LogP contribution >= 0.6 is 0 Å². The summed E-state index contributed by atoms with van der Waals surface area (Å²) in [6.07, 6.45) is 0.809. The number of morpholine rings is 1. The second-order valence-corrected chi connectivity index (χ2v) is 10.5. The first-order chi connectivity index (χ1) is 16.4. The molecule has 2 heterocycles. The lowest BCUT2D eigenvalue weighted by atomic mass is 10.0. The van der Waals surface area contributed by atoms with Gasteiger partial charge in [-0.1, -0.05) is 37.3 Å². The Morgan fingerprint density at radius 1 is 1.15 bits per heavy atom. The number of ether oxygens (including phenoxy) is 1. The van der Waals surface area contributed by atoms with Crippen molar-refractivity contribution in [3.05, 3.63) is 59.9 Å². The molecule has 1 amide bonds. The highest BCUT2D eigenvalue weighted by atomic mass is 32.2. The number of carbonyl (C=O) groups excluding carboxylic acids is 1. The number of benzene rings is 2. The average molecular weight is 485 g/mol. The highest BCUT2D eigenvalue weighted by Gasteiger charge is 2.27. The summed E-state index contributed by atoms with van der Waals surface area (Å²) in [5.74, 6) is 0.995. The molecular formula is C25H32N4O4S. The molecule has 182 valence electrons. The smallest absolute Gasteiger partial charge is 0.243 e. The van der Waals surface area contributed by atoms with Crippen LogP contribution in [0.5, 0.6) is 0 Å². The number of rotatable bonds is 9. The SMILES string of the molecule is CCn1c(CCC(=O)NCC(C)c2ccccc2)nc2cc(S(=O)(=O)N3CCOCC3)ccc21. The van der Waals surface area contributed by atoms with E-state index in [1.54, 1.807) is 12.1 Å². The molecule has 3 aromatic rings. The van der Waals surface area contributed by atoms with Gasteiger partial charge in [0.25, 0.3) is 0 Å². The van der Waals surface area contributed by atoms with Crippen molar-refractivity contribution in [2.75, 3.05) is 32.8 Å². The highest BCUT2D eigenvalue weighted by Crippen LogP contribution is 2.24. The van der Waals surface area contributed by atoms with Crippen LogP contribution in [0.25, 0.3) is 11.0 Å². The number of fused-ring (bicyclic) bond motifs is 1. The van der Waals surface area contributed by atoms with Gasteiger partial charge >= 0.3 is 0 Å². The van der Waals surface area contributed by atoms with Gasteiger partial charge < -0.3 is 14.6 Å². The number of aryl methyl sites for hydroxylation is 2. The molecule has 8 nitrogen and oxygen atoms in total. The van der Waals surface area contributed by atoms with Gasteiger partial charge in [-0.2, -0.15) is 4.31 Å². The van der Waals surface area contributed by atoms with Gasteiger partial charge in [0, 0.05) is 39.0 Å². The van der Waals surface area contributed by atoms with Gasteiger partial charge in [-0.05, 0) is 36.6 Å². The fraction of sp³-hybridized carbons (Fsp3) is 0.440. The predicted octanol–water partition coefficient (Wildman–Crippen LogP) is 2.93. The molecule has 34 heavy (non-hydrogen) atoms. The Bertz CT molecular complexity index is 1230. The van der Waals surface area contributed by atoms with E-state index in [1.807, 2.05) is 35.8 Å². The minimum atomic E-state index is -3.59. The Morgan fingerprint density at radius 2 is 1.88 bits per heavy atom. The Labute approximate surface area is 201 Å². The van der Waals surface area contributed by atoms with Crippen molar-refractivity contribution in [3.63, 3.8) is 0 Å². The van der Waals surface area contributed by atoms with Crippen LogP contribution < -0.4 is 5.32 Å². The molecule has 1 fully saturated rings. The third kappa shape index (κ3) is 5.32. The Morgan fingerprint density at radius 3 is 2.59 bits per heavy atom. The Kier molecular flexibility index (Phi) is 7.65. The van der Waals surface area contributed by atoms with Gasteiger partial charge in [-0.15, -0.1) is 0 Å². The molecule has 0 aliphatic carbocycles. The molecule has 9 heteroatoms. The monoisotopic (exact) mass is 484 g/mol. The zero-order valence-electron chi connectivity index (χ0n) is 19.7. The van der Waals surface area contributed by atoms with Crippen LogP contribution in [0.4, 0.5) is 0 Å². The number of aromatic nitrogens is 2. The molecule has 0 radical (unpaired) electrons. The minimum absolute atomic E-state index is 0.0203. The van der Waals surface area contributed by atoms with Crippen molar-refractivity contribution in [3.8, 4) is 0 Å². The lowest BCUT2D eigenvalue weighted by molar-refractivity contribution is -0.121. The first-order valence-electron chi connectivity index (χ1n) is 11.8. The lowest BCUT2D eigenvalue weighted by Crippen LogP contribution is -2.40. The van der Waals surface area contributed by atoms with Gasteiger partial charge in [0.05, 0.1) is 29.1 Å². The van der Waals surface area contributed by atoms with Crippen LogP contribution in [0.2, 0.25) is 0 Å². The number of hydrogen-bond acceptors (Lipinski definition) is 5. The van der Waals surface area contributed by atoms with E-state index in [9.17, 15) is 13.2 Å². The van der Waals surface area contributed by atoms with Crippen molar-refractivity contribution >= 4 is 27.0 Å². The maximum Gasteiger partial charge on any atom is 0.243 e. The average Bonchev–Trinajstić information content (AvgIpc) is 3.23. The van der Waals surface area contributed by atoms with Gasteiger partial charge in [-0.3, -0.25) is 4.79 Å². The van der Waals surface area contributed by atoms with Crippen molar-refractivity contribution in [2.24, 2.45) is 0 Å². The third-order valence-corrected chi connectivity index (χ3v) is 8.17. The Hall–Kier alpha value is -2.75. The van der Waals surface area contributed by atoms with Gasteiger partial charge in [0.1, 0.15) is 5.82 Å². The summed E-state index contributed by atoms with van der Waals surface area (Å²) < 4.78 is 34.8. The van der Waals surface area contributed by atoms with E-state index in [-0.39, 0.29) is 16.7 Å². The zero-order chi connectivity index (χ0) is 24.1.